The van der Waals surface area contributed by atoms with Gasteiger partial charge in [-0.3, -0.25) is 14.9 Å². The summed E-state index contributed by atoms with van der Waals surface area (Å²) in [4.78, 5) is 19.9. The second-order valence-corrected chi connectivity index (χ2v) is 7.27. The number of nitro groups is 1. The Morgan fingerprint density at radius 3 is 2.58 bits per heavy atom. The smallest absolute Gasteiger partial charge is 0.433 e. The number of hydrogen-bond acceptors (Lipinski definition) is 8. The molecule has 0 N–H and O–H groups in total. The van der Waals surface area contributed by atoms with E-state index >= 15 is 0 Å². The van der Waals surface area contributed by atoms with Crippen LogP contribution in [0, 0.1) is 10.1 Å². The van der Waals surface area contributed by atoms with Gasteiger partial charge in [-0.15, -0.1) is 21.8 Å². The van der Waals surface area contributed by atoms with Gasteiger partial charge in [-0.05, 0) is 19.4 Å². The minimum atomic E-state index is -4.82. The van der Waals surface area contributed by atoms with E-state index in [2.05, 4.69) is 10.2 Å². The zero-order chi connectivity index (χ0) is 23.2. The molecule has 0 aliphatic carbocycles. The van der Waals surface area contributed by atoms with E-state index in [1.54, 1.807) is 0 Å². The Morgan fingerprint density at radius 1 is 1.29 bits per heavy atom. The van der Waals surface area contributed by atoms with Gasteiger partial charge in [0.2, 0.25) is 11.6 Å². The van der Waals surface area contributed by atoms with Crippen LogP contribution in [-0.2, 0) is 9.53 Å². The van der Waals surface area contributed by atoms with Crippen LogP contribution in [-0.4, -0.2) is 46.8 Å². The van der Waals surface area contributed by atoms with Crippen molar-refractivity contribution in [2.75, 3.05) is 13.2 Å². The van der Waals surface area contributed by atoms with Crippen LogP contribution < -0.4 is 9.47 Å². The summed E-state index contributed by atoms with van der Waals surface area (Å²) in [6, 6.07) is 3.27. The first-order valence-corrected chi connectivity index (χ1v) is 9.52. The summed E-state index contributed by atoms with van der Waals surface area (Å²) in [6.07, 6.45) is -3.41. The fraction of sp³-hybridized carbons (Fsp3) is 0.500. The van der Waals surface area contributed by atoms with Gasteiger partial charge in [-0.1, -0.05) is 13.3 Å². The van der Waals surface area contributed by atoms with E-state index in [9.17, 15) is 28.1 Å². The normalized spacial score (nSPS) is 18.3. The molecule has 0 radical (unpaired) electrons. The summed E-state index contributed by atoms with van der Waals surface area (Å²) in [5.41, 5.74) is -1.78. The molecule has 1 aromatic carbocycles. The van der Waals surface area contributed by atoms with Crippen molar-refractivity contribution in [1.82, 2.24) is 0 Å². The molecule has 9 nitrogen and oxygen atoms in total. The largest absolute Gasteiger partial charge is 0.486 e. The van der Waals surface area contributed by atoms with Gasteiger partial charge < -0.3 is 14.2 Å². The third-order valence-electron chi connectivity index (χ3n) is 4.02. The van der Waals surface area contributed by atoms with Gasteiger partial charge in [0.1, 0.15) is 5.75 Å². The van der Waals surface area contributed by atoms with Crippen molar-refractivity contribution >= 4 is 34.9 Å². The molecule has 1 aromatic rings. The van der Waals surface area contributed by atoms with Crippen LogP contribution >= 0.6 is 11.6 Å². The van der Waals surface area contributed by atoms with E-state index in [0.717, 1.165) is 31.5 Å². The van der Waals surface area contributed by atoms with Crippen molar-refractivity contribution in [2.45, 2.75) is 44.2 Å². The van der Waals surface area contributed by atoms with Crippen molar-refractivity contribution in [1.29, 1.82) is 0 Å². The highest BCUT2D eigenvalue weighted by molar-refractivity contribution is 6.49. The predicted octanol–water partition coefficient (Wildman–Crippen LogP) is 4.41. The number of benzene rings is 1. The van der Waals surface area contributed by atoms with Crippen LogP contribution in [0.4, 0.5) is 18.9 Å². The van der Waals surface area contributed by atoms with Gasteiger partial charge >= 0.3 is 17.8 Å². The van der Waals surface area contributed by atoms with Crippen molar-refractivity contribution in [2.24, 2.45) is 10.2 Å². The Hall–Kier alpha value is -2.89. The van der Waals surface area contributed by atoms with Crippen LogP contribution in [0.1, 0.15) is 33.1 Å². The van der Waals surface area contributed by atoms with Gasteiger partial charge in [-0.2, -0.15) is 13.2 Å². The molecule has 31 heavy (non-hydrogen) atoms. The number of esters is 1. The Bertz CT molecular complexity index is 902. The number of halogens is 4. The molecular weight excluding hydrogens is 447 g/mol. The monoisotopic (exact) mass is 465 g/mol. The molecule has 1 unspecified atom stereocenters. The molecular formula is C18H19ClF3N3O6. The lowest BCUT2D eigenvalue weighted by Crippen LogP contribution is -2.45. The van der Waals surface area contributed by atoms with Gasteiger partial charge in [0, 0.05) is 12.1 Å². The first-order valence-electron chi connectivity index (χ1n) is 9.14. The Morgan fingerprint density at radius 2 is 2.00 bits per heavy atom. The molecule has 13 heteroatoms. The summed E-state index contributed by atoms with van der Waals surface area (Å²) >= 11 is 5.93. The molecule has 0 fully saturated rings. The molecule has 1 aliphatic heterocycles. The molecule has 170 valence electrons. The molecule has 0 bridgehead atoms. The highest BCUT2D eigenvalue weighted by Crippen LogP contribution is 2.37. The second kappa shape index (κ2) is 9.94. The van der Waals surface area contributed by atoms with Gasteiger partial charge in [-0.25, -0.2) is 0 Å². The fourth-order valence-electron chi connectivity index (χ4n) is 2.41. The summed E-state index contributed by atoms with van der Waals surface area (Å²) in [5, 5.41) is 17.6. The van der Waals surface area contributed by atoms with Crippen molar-refractivity contribution < 1.29 is 37.1 Å². The number of carbonyl (C=O) groups is 1. The third kappa shape index (κ3) is 6.29. The summed E-state index contributed by atoms with van der Waals surface area (Å²) in [7, 11) is 0. The lowest BCUT2D eigenvalue weighted by molar-refractivity contribution is -0.385. The van der Waals surface area contributed by atoms with E-state index in [1.165, 1.54) is 0 Å². The minimum absolute atomic E-state index is 0.115. The minimum Gasteiger partial charge on any atom is -0.486 e. The lowest BCUT2D eigenvalue weighted by Gasteiger charge is -2.21. The highest BCUT2D eigenvalue weighted by atomic mass is 35.5. The van der Waals surface area contributed by atoms with E-state index in [-0.39, 0.29) is 31.1 Å². The summed E-state index contributed by atoms with van der Waals surface area (Å²) < 4.78 is 54.6. The quantitative estimate of drug-likeness (QED) is 0.175. The number of carbonyl (C=O) groups excluding carboxylic acids is 1. The lowest BCUT2D eigenvalue weighted by atomic mass is 10.1. The first-order chi connectivity index (χ1) is 14.5. The predicted molar refractivity (Wildman–Crippen MR) is 105 cm³/mol. The SMILES string of the molecule is CCCCOC(=O)CCOc1cc(OC2=NN=C(C(F)(F)F)C2(C)Cl)ccc1[N+](=O)[O-]. The maximum absolute atomic E-state index is 13.0. The topological polar surface area (TPSA) is 113 Å². The molecule has 0 saturated carbocycles. The zero-order valence-electron chi connectivity index (χ0n) is 16.6. The molecule has 1 aliphatic rings. The maximum atomic E-state index is 13.0. The first kappa shape index (κ1) is 24.4. The van der Waals surface area contributed by atoms with Crippen LogP contribution in [0.15, 0.2) is 28.4 Å². The number of unbranched alkanes of at least 4 members (excludes halogenated alkanes) is 1. The number of rotatable bonds is 9. The highest BCUT2D eigenvalue weighted by Gasteiger charge is 2.54. The standard InChI is InChI=1S/C18H19ClF3N3O6/c1-3-4-8-30-14(26)7-9-29-13-10-11(5-6-12(13)25(27)28)31-16-17(2,19)15(23-24-16)18(20,21)22/h5-6,10H,3-4,7-9H2,1-2H3. The number of nitro benzene ring substituents is 1. The molecule has 0 amide bonds. The Kier molecular flexibility index (Phi) is 7.82. The van der Waals surface area contributed by atoms with E-state index in [0.29, 0.717) is 6.42 Å². The van der Waals surface area contributed by atoms with E-state index in [1.807, 2.05) is 6.92 Å². The molecule has 1 atom stereocenters. The van der Waals surface area contributed by atoms with Crippen LogP contribution in [0.3, 0.4) is 0 Å². The molecule has 1 heterocycles. The summed E-state index contributed by atoms with van der Waals surface area (Å²) in [6.45, 7) is 3.00. The van der Waals surface area contributed by atoms with Gasteiger partial charge in [0.05, 0.1) is 24.6 Å². The number of ether oxygens (including phenoxy) is 3. The average molecular weight is 466 g/mol. The number of alkyl halides is 4. The Balaban J connectivity index is 2.08. The van der Waals surface area contributed by atoms with Crippen LogP contribution in [0.2, 0.25) is 0 Å². The third-order valence-corrected chi connectivity index (χ3v) is 4.36. The van der Waals surface area contributed by atoms with Crippen molar-refractivity contribution in [3.05, 3.63) is 28.3 Å². The second-order valence-electron chi connectivity index (χ2n) is 6.52. The van der Waals surface area contributed by atoms with Crippen LogP contribution in [0.5, 0.6) is 11.5 Å². The molecule has 0 spiro atoms. The molecule has 0 saturated heterocycles. The van der Waals surface area contributed by atoms with Crippen molar-refractivity contribution in [3.63, 3.8) is 0 Å². The van der Waals surface area contributed by atoms with Crippen molar-refractivity contribution in [3.8, 4) is 11.5 Å². The van der Waals surface area contributed by atoms with Gasteiger partial charge in [0.25, 0.3) is 0 Å². The molecule has 2 rings (SSSR count). The average Bonchev–Trinajstić information content (AvgIpc) is 2.96. The van der Waals surface area contributed by atoms with Crippen LogP contribution in [0.25, 0.3) is 0 Å². The van der Waals surface area contributed by atoms with E-state index < -0.39 is 39.2 Å². The summed E-state index contributed by atoms with van der Waals surface area (Å²) in [5.74, 6) is -1.45. The fourth-order valence-corrected chi connectivity index (χ4v) is 2.63. The van der Waals surface area contributed by atoms with Gasteiger partial charge in [0.15, 0.2) is 10.6 Å². The maximum Gasteiger partial charge on any atom is 0.433 e. The number of nitrogens with zero attached hydrogens (tertiary/aromatic N) is 3. The molecule has 0 aromatic heterocycles. The number of hydrogen-bond donors (Lipinski definition) is 0. The zero-order valence-corrected chi connectivity index (χ0v) is 17.3. The Labute approximate surface area is 180 Å². The van der Waals surface area contributed by atoms with E-state index in [4.69, 9.17) is 25.8 Å².